The molecule has 1 aromatic carbocycles. The topological polar surface area (TPSA) is 100 Å². The molecule has 12 heteroatoms. The van der Waals surface area contributed by atoms with Crippen LogP contribution in [0.1, 0.15) is 23.3 Å². The second kappa shape index (κ2) is 8.87. The molecule has 190 valence electrons. The lowest BCUT2D eigenvalue weighted by molar-refractivity contribution is -0.148. The molecule has 4 heterocycles. The van der Waals surface area contributed by atoms with E-state index in [4.69, 9.17) is 4.74 Å². The fraction of sp³-hybridized carbons (Fsp3) is 0.280. The average Bonchev–Trinajstić information content (AvgIpc) is 3.28. The molecule has 2 N–H and O–H groups in total. The summed E-state index contributed by atoms with van der Waals surface area (Å²) in [4.78, 5) is 38.7. The second-order valence-corrected chi connectivity index (χ2v) is 10.3. The number of nitrogens with zero attached hydrogens (tertiary/aromatic N) is 3. The molecular weight excluding hydrogens is 507 g/mol. The summed E-state index contributed by atoms with van der Waals surface area (Å²) in [5.41, 5.74) is 1.24. The van der Waals surface area contributed by atoms with Crippen LogP contribution in [0.15, 0.2) is 47.5 Å². The van der Waals surface area contributed by atoms with Gasteiger partial charge in [-0.3, -0.25) is 4.79 Å². The van der Waals surface area contributed by atoms with Gasteiger partial charge in [-0.15, -0.1) is 11.3 Å². The Morgan fingerprint density at radius 2 is 2.08 bits per heavy atom. The van der Waals surface area contributed by atoms with Crippen molar-refractivity contribution in [2.45, 2.75) is 37.8 Å². The van der Waals surface area contributed by atoms with Gasteiger partial charge in [0, 0.05) is 41.5 Å². The first kappa shape index (κ1) is 23.5. The SMILES string of the molecule is O=C(OC1CC(F)(F)C1)N1CCc2sc(-c3ncc(F)c(Nc4ccc5c(=O)[nH]ccc5c4)n3)cc2C1. The third kappa shape index (κ3) is 4.64. The number of hydrogen-bond donors (Lipinski definition) is 2. The van der Waals surface area contributed by atoms with E-state index in [1.165, 1.54) is 16.2 Å². The largest absolute Gasteiger partial charge is 0.446 e. The molecule has 37 heavy (non-hydrogen) atoms. The number of rotatable bonds is 4. The van der Waals surface area contributed by atoms with Gasteiger partial charge in [0.05, 0.1) is 17.6 Å². The molecule has 3 aromatic heterocycles. The maximum atomic E-state index is 14.6. The van der Waals surface area contributed by atoms with Crippen molar-refractivity contribution in [2.75, 3.05) is 11.9 Å². The minimum atomic E-state index is -2.75. The number of aromatic nitrogens is 3. The Kier molecular flexibility index (Phi) is 5.63. The van der Waals surface area contributed by atoms with Crippen molar-refractivity contribution in [1.29, 1.82) is 0 Å². The Bertz CT molecular complexity index is 1580. The van der Waals surface area contributed by atoms with Crippen molar-refractivity contribution in [3.8, 4) is 10.7 Å². The zero-order valence-electron chi connectivity index (χ0n) is 19.3. The molecule has 1 aliphatic carbocycles. The van der Waals surface area contributed by atoms with E-state index in [9.17, 15) is 22.8 Å². The van der Waals surface area contributed by atoms with Gasteiger partial charge in [-0.25, -0.2) is 27.9 Å². The Morgan fingerprint density at radius 1 is 1.24 bits per heavy atom. The number of carbonyl (C=O) groups excluding carboxylic acids is 1. The van der Waals surface area contributed by atoms with E-state index in [1.807, 2.05) is 6.07 Å². The lowest BCUT2D eigenvalue weighted by Gasteiger charge is -2.36. The van der Waals surface area contributed by atoms with E-state index in [2.05, 4.69) is 20.3 Å². The van der Waals surface area contributed by atoms with E-state index in [1.54, 1.807) is 30.5 Å². The van der Waals surface area contributed by atoms with Crippen molar-refractivity contribution >= 4 is 39.7 Å². The molecule has 0 unspecified atom stereocenters. The Labute approximate surface area is 212 Å². The van der Waals surface area contributed by atoms with E-state index < -0.39 is 36.8 Å². The molecule has 8 nitrogen and oxygen atoms in total. The maximum Gasteiger partial charge on any atom is 0.410 e. The molecule has 1 fully saturated rings. The zero-order valence-corrected chi connectivity index (χ0v) is 20.1. The number of nitrogens with one attached hydrogen (secondary N) is 2. The number of thiophene rings is 1. The molecule has 4 aromatic rings. The number of halogens is 3. The highest BCUT2D eigenvalue weighted by Gasteiger charge is 2.48. The van der Waals surface area contributed by atoms with Crippen LogP contribution in [0.25, 0.3) is 21.5 Å². The van der Waals surface area contributed by atoms with Gasteiger partial charge in [-0.2, -0.15) is 0 Å². The number of alkyl halides is 2. The number of fused-ring (bicyclic) bond motifs is 2. The number of hydrogen-bond acceptors (Lipinski definition) is 7. The fourth-order valence-electron chi connectivity index (χ4n) is 4.49. The van der Waals surface area contributed by atoms with Crippen LogP contribution in [-0.4, -0.2) is 44.5 Å². The summed E-state index contributed by atoms with van der Waals surface area (Å²) in [6.07, 6.45) is 1.01. The third-order valence-corrected chi connectivity index (χ3v) is 7.68. The maximum absolute atomic E-state index is 14.6. The minimum Gasteiger partial charge on any atom is -0.446 e. The molecule has 0 spiro atoms. The van der Waals surface area contributed by atoms with Crippen LogP contribution < -0.4 is 10.9 Å². The van der Waals surface area contributed by atoms with E-state index in [0.717, 1.165) is 16.6 Å². The quantitative estimate of drug-likeness (QED) is 0.378. The number of ether oxygens (including phenoxy) is 1. The minimum absolute atomic E-state index is 0.0110. The van der Waals surface area contributed by atoms with Crippen LogP contribution in [0.3, 0.4) is 0 Å². The molecule has 6 rings (SSSR count). The number of anilines is 2. The van der Waals surface area contributed by atoms with Gasteiger partial charge in [0.15, 0.2) is 17.5 Å². The first-order chi connectivity index (χ1) is 17.7. The normalized spacial score (nSPS) is 16.8. The van der Waals surface area contributed by atoms with Crippen molar-refractivity contribution in [2.24, 2.45) is 0 Å². The van der Waals surface area contributed by atoms with Crippen LogP contribution in [0.4, 0.5) is 29.5 Å². The molecular formula is C25H20F3N5O3S. The Morgan fingerprint density at radius 3 is 2.89 bits per heavy atom. The summed E-state index contributed by atoms with van der Waals surface area (Å²) in [6.45, 7) is 0.701. The summed E-state index contributed by atoms with van der Waals surface area (Å²) in [5.74, 6) is -3.07. The van der Waals surface area contributed by atoms with Crippen LogP contribution in [0, 0.1) is 5.82 Å². The molecule has 1 saturated carbocycles. The number of carbonyl (C=O) groups is 1. The van der Waals surface area contributed by atoms with Gasteiger partial charge in [0.25, 0.3) is 11.5 Å². The number of pyridine rings is 1. The lowest BCUT2D eigenvalue weighted by Crippen LogP contribution is -2.45. The summed E-state index contributed by atoms with van der Waals surface area (Å²) >= 11 is 1.46. The second-order valence-electron chi connectivity index (χ2n) is 9.12. The molecule has 0 radical (unpaired) electrons. The van der Waals surface area contributed by atoms with Gasteiger partial charge in [0.1, 0.15) is 6.10 Å². The molecule has 0 saturated heterocycles. The van der Waals surface area contributed by atoms with Gasteiger partial charge in [-0.1, -0.05) is 0 Å². The fourth-order valence-corrected chi connectivity index (χ4v) is 5.59. The standard InChI is InChI=1S/C25H20F3N5O3S/c26-18-11-30-22(32-21(18)31-15-1-2-17-13(7-15)3-5-29-23(17)34)20-8-14-12-33(6-4-19(14)37-20)24(35)36-16-9-25(27,28)10-16/h1-3,5,7-8,11,16H,4,6,9-10,12H2,(H,29,34)(H,30,31,32). The van der Waals surface area contributed by atoms with Crippen LogP contribution in [0.2, 0.25) is 0 Å². The smallest absolute Gasteiger partial charge is 0.410 e. The molecule has 0 atom stereocenters. The Balaban J connectivity index is 1.19. The van der Waals surface area contributed by atoms with Gasteiger partial charge < -0.3 is 19.9 Å². The van der Waals surface area contributed by atoms with Crippen molar-refractivity contribution < 1.29 is 22.7 Å². The van der Waals surface area contributed by atoms with Crippen molar-refractivity contribution in [3.63, 3.8) is 0 Å². The molecule has 1 aliphatic heterocycles. The summed E-state index contributed by atoms with van der Waals surface area (Å²) in [6, 6.07) is 8.66. The molecule has 1 amide bonds. The highest BCUT2D eigenvalue weighted by atomic mass is 32.1. The van der Waals surface area contributed by atoms with E-state index >= 15 is 0 Å². The molecule has 2 aliphatic rings. The number of amides is 1. The van der Waals surface area contributed by atoms with Gasteiger partial charge >= 0.3 is 6.09 Å². The summed E-state index contributed by atoms with van der Waals surface area (Å²) in [7, 11) is 0. The van der Waals surface area contributed by atoms with E-state index in [0.29, 0.717) is 40.1 Å². The van der Waals surface area contributed by atoms with E-state index in [-0.39, 0.29) is 17.9 Å². The monoisotopic (exact) mass is 527 g/mol. The van der Waals surface area contributed by atoms with Crippen LogP contribution >= 0.6 is 11.3 Å². The lowest BCUT2D eigenvalue weighted by atomic mass is 9.91. The number of benzene rings is 1. The van der Waals surface area contributed by atoms with Gasteiger partial charge in [0.2, 0.25) is 0 Å². The summed E-state index contributed by atoms with van der Waals surface area (Å²) in [5, 5.41) is 4.17. The number of H-pyrrole nitrogens is 1. The third-order valence-electron chi connectivity index (χ3n) is 6.45. The van der Waals surface area contributed by atoms with Crippen LogP contribution in [-0.2, 0) is 17.7 Å². The zero-order chi connectivity index (χ0) is 25.7. The van der Waals surface area contributed by atoms with Gasteiger partial charge in [-0.05, 0) is 47.7 Å². The average molecular weight is 528 g/mol. The highest BCUT2D eigenvalue weighted by molar-refractivity contribution is 7.15. The van der Waals surface area contributed by atoms with Crippen molar-refractivity contribution in [1.82, 2.24) is 19.9 Å². The van der Waals surface area contributed by atoms with Crippen LogP contribution in [0.5, 0.6) is 0 Å². The number of aromatic amines is 1. The Hall–Kier alpha value is -3.93. The molecule has 0 bridgehead atoms. The first-order valence-electron chi connectivity index (χ1n) is 11.6. The predicted octanol–water partition coefficient (Wildman–Crippen LogP) is 5.22. The highest BCUT2D eigenvalue weighted by Crippen LogP contribution is 2.40. The summed E-state index contributed by atoms with van der Waals surface area (Å²) < 4.78 is 45.8. The predicted molar refractivity (Wildman–Crippen MR) is 132 cm³/mol. The first-order valence-corrected chi connectivity index (χ1v) is 12.4. The van der Waals surface area contributed by atoms with Crippen molar-refractivity contribution in [3.05, 3.63) is 69.3 Å².